The first kappa shape index (κ1) is 13.5. The number of aryl methyl sites for hydroxylation is 1. The minimum atomic E-state index is -4.36. The van der Waals surface area contributed by atoms with Crippen molar-refractivity contribution in [1.29, 1.82) is 0 Å². The van der Waals surface area contributed by atoms with E-state index < -0.39 is 23.6 Å². The van der Waals surface area contributed by atoms with E-state index in [0.717, 1.165) is 12.1 Å². The van der Waals surface area contributed by atoms with Gasteiger partial charge in [-0.3, -0.25) is 4.79 Å². The average Bonchev–Trinajstić information content (AvgIpc) is 2.25. The third kappa shape index (κ3) is 2.99. The zero-order chi connectivity index (χ0) is 13.2. The normalized spacial score (nSPS) is 13.3. The fourth-order valence-corrected chi connectivity index (χ4v) is 1.64. The molecule has 0 spiro atoms. The van der Waals surface area contributed by atoms with E-state index in [1.165, 1.54) is 13.2 Å². The molecule has 1 rings (SSSR count). The van der Waals surface area contributed by atoms with Gasteiger partial charge >= 0.3 is 12.1 Å². The van der Waals surface area contributed by atoms with Gasteiger partial charge in [0.25, 0.3) is 0 Å². The zero-order valence-electron chi connectivity index (χ0n) is 9.76. The Morgan fingerprint density at radius 2 is 1.94 bits per heavy atom. The van der Waals surface area contributed by atoms with Crippen molar-refractivity contribution in [2.24, 2.45) is 0 Å². The SMILES string of the molecule is COC(=O)C(C)c1ccc(C(F)(F)F)cc1C. The standard InChI is InChI=1S/C12H13F3O2/c1-7-6-9(12(13,14)15)4-5-10(7)8(2)11(16)17-3/h4-6,8H,1-3H3. The first-order chi connectivity index (χ1) is 7.77. The minimum absolute atomic E-state index is 0.428. The van der Waals surface area contributed by atoms with Crippen LogP contribution in [0.4, 0.5) is 13.2 Å². The van der Waals surface area contributed by atoms with E-state index in [1.54, 1.807) is 13.8 Å². The molecule has 0 heterocycles. The lowest BCUT2D eigenvalue weighted by atomic mass is 9.95. The highest BCUT2D eigenvalue weighted by Gasteiger charge is 2.31. The van der Waals surface area contributed by atoms with E-state index in [0.29, 0.717) is 11.1 Å². The maximum atomic E-state index is 12.4. The van der Waals surface area contributed by atoms with Crippen molar-refractivity contribution in [1.82, 2.24) is 0 Å². The van der Waals surface area contributed by atoms with Gasteiger partial charge in [0.1, 0.15) is 0 Å². The van der Waals surface area contributed by atoms with Crippen molar-refractivity contribution in [2.45, 2.75) is 25.9 Å². The molecule has 0 aliphatic heterocycles. The van der Waals surface area contributed by atoms with Crippen LogP contribution in [0.1, 0.15) is 29.5 Å². The van der Waals surface area contributed by atoms with Crippen molar-refractivity contribution in [3.05, 3.63) is 34.9 Å². The van der Waals surface area contributed by atoms with Gasteiger partial charge in [0.2, 0.25) is 0 Å². The lowest BCUT2D eigenvalue weighted by Crippen LogP contribution is -2.13. The molecule has 17 heavy (non-hydrogen) atoms. The predicted octanol–water partition coefficient (Wildman–Crippen LogP) is 3.29. The number of methoxy groups -OCH3 is 1. The van der Waals surface area contributed by atoms with Gasteiger partial charge in [-0.25, -0.2) is 0 Å². The number of hydrogen-bond acceptors (Lipinski definition) is 2. The van der Waals surface area contributed by atoms with E-state index in [4.69, 9.17) is 0 Å². The Bertz CT molecular complexity index is 424. The second-order valence-corrected chi connectivity index (χ2v) is 3.81. The van der Waals surface area contributed by atoms with Crippen molar-refractivity contribution in [3.8, 4) is 0 Å². The molecule has 0 saturated heterocycles. The predicted molar refractivity (Wildman–Crippen MR) is 56.6 cm³/mol. The molecule has 1 aromatic carbocycles. The molecule has 0 bridgehead atoms. The number of carbonyl (C=O) groups excluding carboxylic acids is 1. The fraction of sp³-hybridized carbons (Fsp3) is 0.417. The maximum absolute atomic E-state index is 12.4. The van der Waals surface area contributed by atoms with Crippen molar-refractivity contribution < 1.29 is 22.7 Å². The number of halogens is 3. The quantitative estimate of drug-likeness (QED) is 0.748. The summed E-state index contributed by atoms with van der Waals surface area (Å²) in [4.78, 5) is 11.3. The Kier molecular flexibility index (Phi) is 3.80. The molecule has 0 aromatic heterocycles. The second-order valence-electron chi connectivity index (χ2n) is 3.81. The average molecular weight is 246 g/mol. The van der Waals surface area contributed by atoms with Crippen LogP contribution in [0.5, 0.6) is 0 Å². The minimum Gasteiger partial charge on any atom is -0.469 e. The molecule has 0 fully saturated rings. The van der Waals surface area contributed by atoms with Crippen molar-refractivity contribution >= 4 is 5.97 Å². The summed E-state index contributed by atoms with van der Waals surface area (Å²) in [6, 6.07) is 3.33. The van der Waals surface area contributed by atoms with E-state index in [9.17, 15) is 18.0 Å². The van der Waals surface area contributed by atoms with Crippen LogP contribution in [-0.2, 0) is 15.7 Å². The molecule has 0 aliphatic rings. The van der Waals surface area contributed by atoms with Crippen molar-refractivity contribution in [2.75, 3.05) is 7.11 Å². The molecule has 1 aromatic rings. The highest BCUT2D eigenvalue weighted by Crippen LogP contribution is 2.32. The highest BCUT2D eigenvalue weighted by molar-refractivity contribution is 5.78. The molecular weight excluding hydrogens is 233 g/mol. The van der Waals surface area contributed by atoms with E-state index in [1.807, 2.05) is 0 Å². The first-order valence-corrected chi connectivity index (χ1v) is 5.03. The number of esters is 1. The van der Waals surface area contributed by atoms with Crippen LogP contribution in [0.2, 0.25) is 0 Å². The second kappa shape index (κ2) is 4.77. The third-order valence-corrected chi connectivity index (χ3v) is 2.62. The van der Waals surface area contributed by atoms with Crippen LogP contribution < -0.4 is 0 Å². The zero-order valence-corrected chi connectivity index (χ0v) is 9.76. The summed E-state index contributed by atoms with van der Waals surface area (Å²) in [5.41, 5.74) is 0.262. The van der Waals surface area contributed by atoms with Crippen LogP contribution in [0, 0.1) is 6.92 Å². The first-order valence-electron chi connectivity index (χ1n) is 5.03. The largest absolute Gasteiger partial charge is 0.469 e. The summed E-state index contributed by atoms with van der Waals surface area (Å²) in [6.45, 7) is 3.14. The molecule has 1 atom stereocenters. The number of ether oxygens (including phenoxy) is 1. The molecule has 0 saturated carbocycles. The number of benzene rings is 1. The Morgan fingerprint density at radius 1 is 1.35 bits per heavy atom. The number of rotatable bonds is 2. The van der Waals surface area contributed by atoms with Gasteiger partial charge in [0.05, 0.1) is 18.6 Å². The van der Waals surface area contributed by atoms with Crippen LogP contribution in [0.3, 0.4) is 0 Å². The van der Waals surface area contributed by atoms with Gasteiger partial charge in [0, 0.05) is 0 Å². The molecule has 2 nitrogen and oxygen atoms in total. The molecule has 1 unspecified atom stereocenters. The summed E-state index contributed by atoms with van der Waals surface area (Å²) in [5.74, 6) is -1.03. The molecular formula is C12H13F3O2. The smallest absolute Gasteiger partial charge is 0.416 e. The fourth-order valence-electron chi connectivity index (χ4n) is 1.64. The molecule has 0 aliphatic carbocycles. The summed E-state index contributed by atoms with van der Waals surface area (Å²) in [6.07, 6.45) is -4.36. The van der Waals surface area contributed by atoms with Crippen molar-refractivity contribution in [3.63, 3.8) is 0 Å². The maximum Gasteiger partial charge on any atom is 0.416 e. The molecule has 94 valence electrons. The lowest BCUT2D eigenvalue weighted by molar-refractivity contribution is -0.142. The van der Waals surface area contributed by atoms with Gasteiger partial charge in [-0.1, -0.05) is 6.07 Å². The summed E-state index contributed by atoms with van der Waals surface area (Å²) >= 11 is 0. The number of hydrogen-bond donors (Lipinski definition) is 0. The molecule has 0 N–H and O–H groups in total. The van der Waals surface area contributed by atoms with Crippen LogP contribution in [0.15, 0.2) is 18.2 Å². The van der Waals surface area contributed by atoms with Gasteiger partial charge in [-0.15, -0.1) is 0 Å². The summed E-state index contributed by atoms with van der Waals surface area (Å²) < 4.78 is 41.9. The van der Waals surface area contributed by atoms with Crippen LogP contribution in [0.25, 0.3) is 0 Å². The Morgan fingerprint density at radius 3 is 2.35 bits per heavy atom. The Labute approximate surface area is 97.4 Å². The molecule has 0 radical (unpaired) electrons. The van der Waals surface area contributed by atoms with E-state index >= 15 is 0 Å². The van der Waals surface area contributed by atoms with Gasteiger partial charge < -0.3 is 4.74 Å². The summed E-state index contributed by atoms with van der Waals surface area (Å²) in [7, 11) is 1.25. The monoisotopic (exact) mass is 246 g/mol. The molecule has 5 heteroatoms. The van der Waals surface area contributed by atoms with Crippen LogP contribution in [-0.4, -0.2) is 13.1 Å². The van der Waals surface area contributed by atoms with Gasteiger partial charge in [0.15, 0.2) is 0 Å². The lowest BCUT2D eigenvalue weighted by Gasteiger charge is -2.14. The topological polar surface area (TPSA) is 26.3 Å². The van der Waals surface area contributed by atoms with Crippen LogP contribution >= 0.6 is 0 Å². The van der Waals surface area contributed by atoms with Gasteiger partial charge in [-0.2, -0.15) is 13.2 Å². The number of alkyl halides is 3. The Balaban J connectivity index is 3.10. The van der Waals surface area contributed by atoms with E-state index in [2.05, 4.69) is 4.74 Å². The third-order valence-electron chi connectivity index (χ3n) is 2.62. The van der Waals surface area contributed by atoms with Gasteiger partial charge in [-0.05, 0) is 37.1 Å². The molecule has 0 amide bonds. The Hall–Kier alpha value is -1.52. The summed E-state index contributed by atoms with van der Waals surface area (Å²) in [5, 5.41) is 0. The highest BCUT2D eigenvalue weighted by atomic mass is 19.4. The van der Waals surface area contributed by atoms with E-state index in [-0.39, 0.29) is 0 Å². The number of carbonyl (C=O) groups is 1.